The van der Waals surface area contributed by atoms with Gasteiger partial charge in [-0.05, 0) is 12.0 Å². The van der Waals surface area contributed by atoms with E-state index < -0.39 is 6.29 Å². The monoisotopic (exact) mass is 344 g/mol. The third kappa shape index (κ3) is 2.64. The molecule has 2 aliphatic heterocycles. The van der Waals surface area contributed by atoms with Gasteiger partial charge in [-0.25, -0.2) is 4.98 Å². The molecule has 0 bridgehead atoms. The predicted octanol–water partition coefficient (Wildman–Crippen LogP) is 2.99. The quantitative estimate of drug-likeness (QED) is 0.856. The molecule has 6 heteroatoms. The molecule has 4 rings (SSSR count). The number of hydrogen-bond donors (Lipinski definition) is 0. The Morgan fingerprint density at radius 2 is 2.00 bits per heavy atom. The highest BCUT2D eigenvalue weighted by atomic mass is 32.1. The van der Waals surface area contributed by atoms with Crippen molar-refractivity contribution in [3.63, 3.8) is 0 Å². The second-order valence-corrected chi connectivity index (χ2v) is 7.36. The molecule has 0 radical (unpaired) electrons. The van der Waals surface area contributed by atoms with E-state index >= 15 is 0 Å². The summed E-state index contributed by atoms with van der Waals surface area (Å²) in [5.41, 5.74) is 1.40. The maximum absolute atomic E-state index is 12.7. The normalized spacial score (nSPS) is 20.1. The van der Waals surface area contributed by atoms with Crippen LogP contribution in [0, 0.1) is 0 Å². The molecular formula is C18H20N2O3S. The lowest BCUT2D eigenvalue weighted by Gasteiger charge is -2.50. The van der Waals surface area contributed by atoms with Gasteiger partial charge in [0.15, 0.2) is 0 Å². The number of hydrogen-bond acceptors (Lipinski definition) is 5. The number of ether oxygens (including phenoxy) is 2. The smallest absolute Gasteiger partial charge is 0.265 e. The molecule has 1 amide bonds. The summed E-state index contributed by atoms with van der Waals surface area (Å²) in [5, 5.41) is 0.723. The van der Waals surface area contributed by atoms with Gasteiger partial charge in [-0.3, -0.25) is 4.79 Å². The molecule has 1 aromatic heterocycles. The van der Waals surface area contributed by atoms with Crippen LogP contribution in [0.3, 0.4) is 0 Å². The Labute approximate surface area is 145 Å². The summed E-state index contributed by atoms with van der Waals surface area (Å²) in [4.78, 5) is 19.6. The number of thiazole rings is 1. The van der Waals surface area contributed by atoms with Crippen molar-refractivity contribution in [2.75, 3.05) is 26.3 Å². The molecule has 2 aliphatic rings. The van der Waals surface area contributed by atoms with E-state index in [9.17, 15) is 4.79 Å². The first kappa shape index (κ1) is 15.7. The molecule has 24 heavy (non-hydrogen) atoms. The van der Waals surface area contributed by atoms with Crippen molar-refractivity contribution in [2.45, 2.75) is 25.0 Å². The van der Waals surface area contributed by atoms with E-state index in [4.69, 9.17) is 9.47 Å². The Kier molecular flexibility index (Phi) is 4.12. The summed E-state index contributed by atoms with van der Waals surface area (Å²) < 4.78 is 10.9. The fraction of sp³-hybridized carbons (Fsp3) is 0.444. The van der Waals surface area contributed by atoms with Crippen LogP contribution in [0.1, 0.15) is 39.9 Å². The fourth-order valence-corrected chi connectivity index (χ4v) is 4.27. The van der Waals surface area contributed by atoms with E-state index in [0.717, 1.165) is 24.5 Å². The number of likely N-dealkylation sites (tertiary alicyclic amines) is 1. The zero-order valence-electron chi connectivity index (χ0n) is 13.6. The van der Waals surface area contributed by atoms with Gasteiger partial charge in [0.05, 0.1) is 19.4 Å². The second kappa shape index (κ2) is 6.27. The van der Waals surface area contributed by atoms with Gasteiger partial charge in [0.2, 0.25) is 6.29 Å². The van der Waals surface area contributed by atoms with Crippen LogP contribution >= 0.6 is 11.3 Å². The Morgan fingerprint density at radius 3 is 2.67 bits per heavy atom. The third-order valence-corrected chi connectivity index (χ3v) is 5.90. The van der Waals surface area contributed by atoms with Crippen molar-refractivity contribution in [3.8, 4) is 0 Å². The molecule has 0 aliphatic carbocycles. The number of aromatic nitrogens is 1. The summed E-state index contributed by atoms with van der Waals surface area (Å²) in [5.74, 6) is 0.0525. The van der Waals surface area contributed by atoms with Crippen molar-refractivity contribution in [1.82, 2.24) is 9.88 Å². The maximum Gasteiger partial charge on any atom is 0.265 e. The van der Waals surface area contributed by atoms with Crippen LogP contribution in [0.5, 0.6) is 0 Å². The lowest BCUT2D eigenvalue weighted by Crippen LogP contribution is -2.60. The van der Waals surface area contributed by atoms with E-state index in [1.807, 2.05) is 11.0 Å². The summed E-state index contributed by atoms with van der Waals surface area (Å²) in [6, 6.07) is 10.5. The molecular weight excluding hydrogens is 324 g/mol. The first-order valence-electron chi connectivity index (χ1n) is 8.25. The number of rotatable bonds is 4. The van der Waals surface area contributed by atoms with Gasteiger partial charge in [-0.2, -0.15) is 0 Å². The van der Waals surface area contributed by atoms with Crippen molar-refractivity contribution in [2.24, 2.45) is 0 Å². The number of benzene rings is 1. The van der Waals surface area contributed by atoms with Crippen molar-refractivity contribution in [3.05, 3.63) is 52.0 Å². The largest absolute Gasteiger partial charge is 0.344 e. The molecule has 2 fully saturated rings. The molecule has 126 valence electrons. The molecule has 0 saturated carbocycles. The minimum absolute atomic E-state index is 0.0525. The topological polar surface area (TPSA) is 51.7 Å². The molecule has 0 N–H and O–H groups in total. The zero-order chi connectivity index (χ0) is 16.6. The van der Waals surface area contributed by atoms with E-state index in [1.165, 1.54) is 16.9 Å². The summed E-state index contributed by atoms with van der Waals surface area (Å²) in [6.07, 6.45) is 2.26. The standard InChI is InChI=1S/C18H20N2O3S/c1-2-18(13-6-4-3-5-7-13)11-20(12-18)16(21)14-10-19-15(24-14)17-22-8-9-23-17/h3-7,10,17H,2,8-9,11-12H2,1H3. The van der Waals surface area contributed by atoms with Crippen LogP contribution in [0.25, 0.3) is 0 Å². The first-order chi connectivity index (χ1) is 11.7. The molecule has 5 nitrogen and oxygen atoms in total. The summed E-state index contributed by atoms with van der Waals surface area (Å²) in [6.45, 7) is 4.87. The molecule has 2 saturated heterocycles. The van der Waals surface area contributed by atoms with Crippen LogP contribution in [0.2, 0.25) is 0 Å². The van der Waals surface area contributed by atoms with Gasteiger partial charge >= 0.3 is 0 Å². The van der Waals surface area contributed by atoms with E-state index in [0.29, 0.717) is 18.1 Å². The number of carbonyl (C=O) groups is 1. The molecule has 1 aromatic carbocycles. The molecule has 2 aromatic rings. The van der Waals surface area contributed by atoms with Crippen LogP contribution in [-0.2, 0) is 14.9 Å². The molecule has 0 unspecified atom stereocenters. The van der Waals surface area contributed by atoms with Crippen LogP contribution in [-0.4, -0.2) is 42.1 Å². The SMILES string of the molecule is CCC1(c2ccccc2)CN(C(=O)c2cnc(C3OCCO3)s2)C1. The lowest BCUT2D eigenvalue weighted by atomic mass is 9.71. The number of carbonyl (C=O) groups excluding carboxylic acids is 1. The van der Waals surface area contributed by atoms with Gasteiger partial charge < -0.3 is 14.4 Å². The van der Waals surface area contributed by atoms with Gasteiger partial charge in [0.25, 0.3) is 5.91 Å². The minimum Gasteiger partial charge on any atom is -0.344 e. The average Bonchev–Trinajstić information content (AvgIpc) is 3.26. The van der Waals surface area contributed by atoms with Crippen molar-refractivity contribution < 1.29 is 14.3 Å². The summed E-state index contributed by atoms with van der Waals surface area (Å²) >= 11 is 1.37. The second-order valence-electron chi connectivity index (χ2n) is 6.30. The van der Waals surface area contributed by atoms with Gasteiger partial charge in [0, 0.05) is 18.5 Å². The molecule has 3 heterocycles. The molecule has 0 atom stereocenters. The minimum atomic E-state index is -0.410. The Morgan fingerprint density at radius 1 is 1.29 bits per heavy atom. The van der Waals surface area contributed by atoms with E-state index in [1.54, 1.807) is 6.20 Å². The van der Waals surface area contributed by atoms with Gasteiger partial charge in [-0.15, -0.1) is 11.3 Å². The number of nitrogens with zero attached hydrogens (tertiary/aromatic N) is 2. The van der Waals surface area contributed by atoms with Gasteiger partial charge in [-0.1, -0.05) is 37.3 Å². The highest BCUT2D eigenvalue weighted by Gasteiger charge is 2.45. The highest BCUT2D eigenvalue weighted by Crippen LogP contribution is 2.39. The van der Waals surface area contributed by atoms with Crippen LogP contribution in [0.4, 0.5) is 0 Å². The average molecular weight is 344 g/mol. The number of amides is 1. The summed E-state index contributed by atoms with van der Waals surface area (Å²) in [7, 11) is 0. The maximum atomic E-state index is 12.7. The van der Waals surface area contributed by atoms with E-state index in [-0.39, 0.29) is 11.3 Å². The fourth-order valence-electron chi connectivity index (χ4n) is 3.38. The molecule has 0 spiro atoms. The van der Waals surface area contributed by atoms with Crippen LogP contribution in [0.15, 0.2) is 36.5 Å². The Hall–Kier alpha value is -1.76. The van der Waals surface area contributed by atoms with Gasteiger partial charge in [0.1, 0.15) is 9.88 Å². The zero-order valence-corrected chi connectivity index (χ0v) is 14.4. The third-order valence-electron chi connectivity index (χ3n) is 4.89. The van der Waals surface area contributed by atoms with Crippen molar-refractivity contribution >= 4 is 17.2 Å². The predicted molar refractivity (Wildman–Crippen MR) is 91.1 cm³/mol. The highest BCUT2D eigenvalue weighted by molar-refractivity contribution is 7.13. The van der Waals surface area contributed by atoms with Crippen LogP contribution < -0.4 is 0 Å². The Bertz CT molecular complexity index is 719. The lowest BCUT2D eigenvalue weighted by molar-refractivity contribution is -0.0442. The van der Waals surface area contributed by atoms with E-state index in [2.05, 4.69) is 36.2 Å². The van der Waals surface area contributed by atoms with Crippen molar-refractivity contribution in [1.29, 1.82) is 0 Å². The Balaban J connectivity index is 1.45. The first-order valence-corrected chi connectivity index (χ1v) is 9.07.